The molecule has 0 radical (unpaired) electrons. The molecule has 0 bridgehead atoms. The molecule has 3 N–H and O–H groups in total. The van der Waals surface area contributed by atoms with E-state index in [1.807, 2.05) is 25.1 Å². The van der Waals surface area contributed by atoms with Gasteiger partial charge in [0.1, 0.15) is 5.82 Å². The highest BCUT2D eigenvalue weighted by molar-refractivity contribution is 9.10. The first-order valence-corrected chi connectivity index (χ1v) is 7.22. The maximum atomic E-state index is 14.1. The molecule has 0 unspecified atom stereocenters. The molecule has 106 valence electrons. The Morgan fingerprint density at radius 2 is 1.90 bits per heavy atom. The summed E-state index contributed by atoms with van der Waals surface area (Å²) in [6.45, 7) is 1.99. The molecule has 0 spiro atoms. The van der Waals surface area contributed by atoms with Crippen molar-refractivity contribution in [2.75, 3.05) is 5.73 Å². The summed E-state index contributed by atoms with van der Waals surface area (Å²) in [5, 5.41) is 6.97. The maximum absolute atomic E-state index is 14.1. The number of aromatic amines is 1. The average molecular weight is 346 g/mol. The Morgan fingerprint density at radius 1 is 1.14 bits per heavy atom. The standard InChI is InChI=1S/C16H13BrFN3/c1-9-6-7-10(17)8-12(9)15-14(16(19)21-20-15)11-4-2-3-5-13(11)18/h2-8H,1H3,(H3,19,20,21). The number of nitrogens with two attached hydrogens (primary N) is 1. The van der Waals surface area contributed by atoms with Crippen LogP contribution in [0.5, 0.6) is 0 Å². The number of nitrogens with zero attached hydrogens (tertiary/aromatic N) is 1. The van der Waals surface area contributed by atoms with Gasteiger partial charge in [-0.25, -0.2) is 4.39 Å². The van der Waals surface area contributed by atoms with Gasteiger partial charge in [-0.05, 0) is 30.7 Å². The lowest BCUT2D eigenvalue weighted by Crippen LogP contribution is -1.92. The highest BCUT2D eigenvalue weighted by Gasteiger charge is 2.18. The number of H-pyrrole nitrogens is 1. The first-order valence-electron chi connectivity index (χ1n) is 6.43. The lowest BCUT2D eigenvalue weighted by molar-refractivity contribution is 0.631. The van der Waals surface area contributed by atoms with Crippen LogP contribution in [0, 0.1) is 12.7 Å². The predicted molar refractivity (Wildman–Crippen MR) is 86.3 cm³/mol. The van der Waals surface area contributed by atoms with E-state index in [2.05, 4.69) is 26.1 Å². The third-order valence-corrected chi connectivity index (χ3v) is 3.90. The molecule has 21 heavy (non-hydrogen) atoms. The second kappa shape index (κ2) is 5.33. The minimum Gasteiger partial charge on any atom is -0.382 e. The minimum atomic E-state index is -0.320. The van der Waals surface area contributed by atoms with E-state index in [9.17, 15) is 4.39 Å². The summed E-state index contributed by atoms with van der Waals surface area (Å²) < 4.78 is 15.0. The van der Waals surface area contributed by atoms with E-state index in [1.165, 1.54) is 6.07 Å². The number of hydrogen-bond acceptors (Lipinski definition) is 2. The first-order chi connectivity index (χ1) is 10.1. The summed E-state index contributed by atoms with van der Waals surface area (Å²) in [5.74, 6) is -0.0334. The third kappa shape index (κ3) is 2.45. The van der Waals surface area contributed by atoms with Crippen molar-refractivity contribution in [3.8, 4) is 22.4 Å². The van der Waals surface area contributed by atoms with Gasteiger partial charge in [-0.1, -0.05) is 40.2 Å². The second-order valence-corrected chi connectivity index (χ2v) is 5.71. The van der Waals surface area contributed by atoms with Gasteiger partial charge in [0.25, 0.3) is 0 Å². The lowest BCUT2D eigenvalue weighted by atomic mass is 9.98. The Morgan fingerprint density at radius 3 is 2.67 bits per heavy atom. The molecular weight excluding hydrogens is 333 g/mol. The molecule has 0 saturated heterocycles. The predicted octanol–water partition coefficient (Wildman–Crippen LogP) is 4.54. The van der Waals surface area contributed by atoms with Gasteiger partial charge in [-0.3, -0.25) is 5.10 Å². The molecule has 1 aromatic heterocycles. The highest BCUT2D eigenvalue weighted by Crippen LogP contribution is 2.37. The minimum absolute atomic E-state index is 0.287. The summed E-state index contributed by atoms with van der Waals surface area (Å²) in [6, 6.07) is 12.5. The average Bonchev–Trinajstić information content (AvgIpc) is 2.84. The van der Waals surface area contributed by atoms with Crippen LogP contribution in [0.3, 0.4) is 0 Å². The van der Waals surface area contributed by atoms with Crippen LogP contribution < -0.4 is 5.73 Å². The third-order valence-electron chi connectivity index (χ3n) is 3.41. The van der Waals surface area contributed by atoms with Crippen LogP contribution in [0.2, 0.25) is 0 Å². The van der Waals surface area contributed by atoms with Crippen molar-refractivity contribution in [2.24, 2.45) is 0 Å². The zero-order valence-electron chi connectivity index (χ0n) is 11.3. The summed E-state index contributed by atoms with van der Waals surface area (Å²) in [5.41, 5.74) is 9.69. The number of anilines is 1. The van der Waals surface area contributed by atoms with Crippen molar-refractivity contribution in [1.29, 1.82) is 0 Å². The Labute approximate surface area is 130 Å². The number of rotatable bonds is 2. The molecule has 3 aromatic rings. The van der Waals surface area contributed by atoms with Crippen molar-refractivity contribution in [3.63, 3.8) is 0 Å². The summed E-state index contributed by atoms with van der Waals surface area (Å²) >= 11 is 3.46. The Balaban J connectivity index is 2.27. The molecule has 0 amide bonds. The van der Waals surface area contributed by atoms with Crippen LogP contribution in [0.1, 0.15) is 5.56 Å². The molecular formula is C16H13BrFN3. The topological polar surface area (TPSA) is 54.7 Å². The van der Waals surface area contributed by atoms with Crippen molar-refractivity contribution >= 4 is 21.7 Å². The molecule has 3 nitrogen and oxygen atoms in total. The molecule has 3 rings (SSSR count). The zero-order valence-corrected chi connectivity index (χ0v) is 12.9. The fraction of sp³-hybridized carbons (Fsp3) is 0.0625. The van der Waals surface area contributed by atoms with Crippen LogP contribution in [-0.2, 0) is 0 Å². The van der Waals surface area contributed by atoms with Crippen LogP contribution in [0.4, 0.5) is 10.2 Å². The summed E-state index contributed by atoms with van der Waals surface area (Å²) in [6.07, 6.45) is 0. The number of nitrogen functional groups attached to an aromatic ring is 1. The first kappa shape index (κ1) is 13.8. The van der Waals surface area contributed by atoms with Gasteiger partial charge in [0.2, 0.25) is 0 Å². The van der Waals surface area contributed by atoms with E-state index in [-0.39, 0.29) is 11.6 Å². The number of aromatic nitrogens is 2. The summed E-state index contributed by atoms with van der Waals surface area (Å²) in [7, 11) is 0. The Bertz CT molecular complexity index is 811. The van der Waals surface area contributed by atoms with Gasteiger partial charge in [0.05, 0.1) is 11.3 Å². The van der Waals surface area contributed by atoms with Crippen molar-refractivity contribution in [3.05, 3.63) is 58.3 Å². The van der Waals surface area contributed by atoms with E-state index in [1.54, 1.807) is 18.2 Å². The van der Waals surface area contributed by atoms with E-state index < -0.39 is 0 Å². The molecule has 0 atom stereocenters. The Kier molecular flexibility index (Phi) is 3.51. The molecule has 1 heterocycles. The van der Waals surface area contributed by atoms with Crippen LogP contribution in [0.25, 0.3) is 22.4 Å². The SMILES string of the molecule is Cc1ccc(Br)cc1-c1[nH]nc(N)c1-c1ccccc1F. The maximum Gasteiger partial charge on any atom is 0.153 e. The number of halogens is 2. The normalized spacial score (nSPS) is 10.8. The molecule has 0 saturated carbocycles. The van der Waals surface area contributed by atoms with Crippen molar-refractivity contribution in [2.45, 2.75) is 6.92 Å². The zero-order chi connectivity index (χ0) is 15.0. The number of benzene rings is 2. The number of hydrogen-bond donors (Lipinski definition) is 2. The van der Waals surface area contributed by atoms with Gasteiger partial charge >= 0.3 is 0 Å². The lowest BCUT2D eigenvalue weighted by Gasteiger charge is -2.09. The smallest absolute Gasteiger partial charge is 0.153 e. The Hall–Kier alpha value is -2.14. The van der Waals surface area contributed by atoms with Gasteiger partial charge in [0.15, 0.2) is 5.82 Å². The molecule has 0 aliphatic carbocycles. The van der Waals surface area contributed by atoms with Crippen LogP contribution in [0.15, 0.2) is 46.9 Å². The molecule has 0 aliphatic heterocycles. The van der Waals surface area contributed by atoms with Gasteiger partial charge in [0, 0.05) is 15.6 Å². The van der Waals surface area contributed by atoms with Crippen LogP contribution in [-0.4, -0.2) is 10.2 Å². The fourth-order valence-corrected chi connectivity index (χ4v) is 2.71. The van der Waals surface area contributed by atoms with Gasteiger partial charge in [-0.2, -0.15) is 5.10 Å². The van der Waals surface area contributed by atoms with Crippen LogP contribution >= 0.6 is 15.9 Å². The van der Waals surface area contributed by atoms with E-state index in [0.717, 1.165) is 21.3 Å². The van der Waals surface area contributed by atoms with E-state index in [4.69, 9.17) is 5.73 Å². The molecule has 5 heteroatoms. The number of nitrogens with one attached hydrogen (secondary N) is 1. The summed E-state index contributed by atoms with van der Waals surface area (Å²) in [4.78, 5) is 0. The molecule has 2 aromatic carbocycles. The second-order valence-electron chi connectivity index (χ2n) is 4.80. The largest absolute Gasteiger partial charge is 0.382 e. The monoisotopic (exact) mass is 345 g/mol. The van der Waals surface area contributed by atoms with E-state index in [0.29, 0.717) is 11.1 Å². The molecule has 0 fully saturated rings. The van der Waals surface area contributed by atoms with Gasteiger partial charge in [-0.15, -0.1) is 0 Å². The molecule has 0 aliphatic rings. The van der Waals surface area contributed by atoms with Gasteiger partial charge < -0.3 is 5.73 Å². The van der Waals surface area contributed by atoms with E-state index >= 15 is 0 Å². The fourth-order valence-electron chi connectivity index (χ4n) is 2.35. The quantitative estimate of drug-likeness (QED) is 0.716. The van der Waals surface area contributed by atoms with Crippen molar-refractivity contribution < 1.29 is 4.39 Å². The number of aryl methyl sites for hydroxylation is 1. The highest BCUT2D eigenvalue weighted by atomic mass is 79.9. The van der Waals surface area contributed by atoms with Crippen molar-refractivity contribution in [1.82, 2.24) is 10.2 Å².